The molecule has 4 rings (SSSR count). The number of hydrogen-bond donors (Lipinski definition) is 0. The summed E-state index contributed by atoms with van der Waals surface area (Å²) in [5.41, 5.74) is 1.73. The molecule has 6 unspecified atom stereocenters. The van der Waals surface area contributed by atoms with Crippen LogP contribution in [0.3, 0.4) is 0 Å². The molecule has 0 bridgehead atoms. The van der Waals surface area contributed by atoms with Crippen LogP contribution in [0.1, 0.15) is 40.0 Å². The Balaban J connectivity index is 1.81. The lowest BCUT2D eigenvalue weighted by molar-refractivity contribution is -0.109. The van der Waals surface area contributed by atoms with Crippen molar-refractivity contribution >= 4 is 0 Å². The maximum absolute atomic E-state index is 2.60. The van der Waals surface area contributed by atoms with E-state index in [1.54, 1.807) is 12.8 Å². The quantitative estimate of drug-likeness (QED) is 0.575. The molecule has 0 aromatic rings. The summed E-state index contributed by atoms with van der Waals surface area (Å²) in [5, 5.41) is 0. The van der Waals surface area contributed by atoms with Gasteiger partial charge in [0.2, 0.25) is 0 Å². The first-order valence-electron chi connectivity index (χ1n) is 6.16. The van der Waals surface area contributed by atoms with Gasteiger partial charge in [-0.2, -0.15) is 0 Å². The standard InChI is InChI=1S/C13H20/c1-4-13-6-7(2)5-8-9(13)10-11(13)12(8,10)3/h7-11H,4-6H2,1-3H3/t7?,8?,9?,10-,11?,12?,13?/m0/s1. The maximum atomic E-state index is 2.60. The van der Waals surface area contributed by atoms with Crippen LogP contribution in [-0.2, 0) is 0 Å². The van der Waals surface area contributed by atoms with Gasteiger partial charge in [-0.3, -0.25) is 0 Å². The summed E-state index contributed by atoms with van der Waals surface area (Å²) >= 11 is 0. The van der Waals surface area contributed by atoms with Crippen molar-refractivity contribution in [2.75, 3.05) is 0 Å². The monoisotopic (exact) mass is 176 g/mol. The highest BCUT2D eigenvalue weighted by molar-refractivity contribution is 5.41. The normalized spacial score (nSPS) is 76.4. The molecule has 0 saturated heterocycles. The molecular formula is C13H20. The molecule has 4 aliphatic carbocycles. The minimum atomic E-state index is 0.863. The van der Waals surface area contributed by atoms with Gasteiger partial charge in [-0.25, -0.2) is 0 Å². The molecule has 7 atom stereocenters. The van der Waals surface area contributed by atoms with Crippen LogP contribution in [0.15, 0.2) is 0 Å². The molecule has 0 radical (unpaired) electrons. The van der Waals surface area contributed by atoms with Crippen LogP contribution < -0.4 is 0 Å². The molecule has 4 aliphatic rings. The molecular weight excluding hydrogens is 156 g/mol. The van der Waals surface area contributed by atoms with E-state index in [0.29, 0.717) is 0 Å². The molecule has 72 valence electrons. The molecule has 0 aromatic heterocycles. The Morgan fingerprint density at radius 2 is 2.08 bits per heavy atom. The smallest absolute Gasteiger partial charge is 0.0224 e. The van der Waals surface area contributed by atoms with Crippen molar-refractivity contribution < 1.29 is 0 Å². The molecule has 0 heteroatoms. The van der Waals surface area contributed by atoms with Crippen molar-refractivity contribution in [2.24, 2.45) is 40.4 Å². The van der Waals surface area contributed by atoms with Crippen molar-refractivity contribution in [3.05, 3.63) is 0 Å². The lowest BCUT2D eigenvalue weighted by Crippen LogP contribution is -2.53. The molecule has 0 aliphatic heterocycles. The van der Waals surface area contributed by atoms with Crippen molar-refractivity contribution in [2.45, 2.75) is 40.0 Å². The molecule has 0 amide bonds. The third kappa shape index (κ3) is 0.444. The molecule has 0 aromatic carbocycles. The summed E-state index contributed by atoms with van der Waals surface area (Å²) < 4.78 is 0. The maximum Gasteiger partial charge on any atom is -0.0224 e. The van der Waals surface area contributed by atoms with Gasteiger partial charge in [0, 0.05) is 0 Å². The van der Waals surface area contributed by atoms with Gasteiger partial charge in [0.25, 0.3) is 0 Å². The second-order valence-electron chi connectivity index (χ2n) is 6.63. The summed E-state index contributed by atoms with van der Waals surface area (Å²) in [7, 11) is 0. The molecule has 4 saturated carbocycles. The first kappa shape index (κ1) is 7.31. The SMILES string of the molecule is CCC12CC(C)CC3C1[C@H]1C2C31C. The number of hydrogen-bond acceptors (Lipinski definition) is 0. The third-order valence-corrected chi connectivity index (χ3v) is 6.58. The van der Waals surface area contributed by atoms with Crippen molar-refractivity contribution in [3.63, 3.8) is 0 Å². The van der Waals surface area contributed by atoms with E-state index in [2.05, 4.69) is 20.8 Å². The van der Waals surface area contributed by atoms with Crippen LogP contribution in [0.2, 0.25) is 0 Å². The third-order valence-electron chi connectivity index (χ3n) is 6.58. The summed E-state index contributed by atoms with van der Waals surface area (Å²) in [6, 6.07) is 0. The van der Waals surface area contributed by atoms with Crippen LogP contribution in [0.4, 0.5) is 0 Å². The van der Waals surface area contributed by atoms with Gasteiger partial charge in [-0.05, 0) is 59.7 Å². The van der Waals surface area contributed by atoms with Gasteiger partial charge >= 0.3 is 0 Å². The fourth-order valence-electron chi connectivity index (χ4n) is 6.41. The Morgan fingerprint density at radius 1 is 1.31 bits per heavy atom. The van der Waals surface area contributed by atoms with E-state index in [4.69, 9.17) is 0 Å². The van der Waals surface area contributed by atoms with E-state index in [9.17, 15) is 0 Å². The highest BCUT2D eigenvalue weighted by atomic mass is 15.0. The van der Waals surface area contributed by atoms with Crippen LogP contribution in [-0.4, -0.2) is 0 Å². The van der Waals surface area contributed by atoms with Crippen LogP contribution >= 0.6 is 0 Å². The van der Waals surface area contributed by atoms with Crippen molar-refractivity contribution in [1.82, 2.24) is 0 Å². The minimum Gasteiger partial charge on any atom is -0.0648 e. The molecule has 13 heavy (non-hydrogen) atoms. The van der Waals surface area contributed by atoms with E-state index in [-0.39, 0.29) is 0 Å². The summed E-state index contributed by atoms with van der Waals surface area (Å²) in [5.74, 6) is 5.79. The average Bonchev–Trinajstić information content (AvgIpc) is 2.49. The second-order valence-corrected chi connectivity index (χ2v) is 6.63. The van der Waals surface area contributed by atoms with E-state index in [1.165, 1.54) is 24.2 Å². The summed E-state index contributed by atoms with van der Waals surface area (Å²) in [6.45, 7) is 7.53. The first-order valence-corrected chi connectivity index (χ1v) is 6.16. The van der Waals surface area contributed by atoms with Crippen LogP contribution in [0.25, 0.3) is 0 Å². The summed E-state index contributed by atoms with van der Waals surface area (Å²) in [4.78, 5) is 0. The summed E-state index contributed by atoms with van der Waals surface area (Å²) in [6.07, 6.45) is 4.62. The van der Waals surface area contributed by atoms with Crippen molar-refractivity contribution in [1.29, 1.82) is 0 Å². The molecule has 0 nitrogen and oxygen atoms in total. The molecule has 0 spiro atoms. The van der Waals surface area contributed by atoms with Gasteiger partial charge in [0.05, 0.1) is 0 Å². The Bertz CT molecular complexity index is 282. The zero-order chi connectivity index (χ0) is 9.01. The zero-order valence-corrected chi connectivity index (χ0v) is 9.01. The van der Waals surface area contributed by atoms with Gasteiger partial charge in [0.15, 0.2) is 0 Å². The van der Waals surface area contributed by atoms with Crippen molar-refractivity contribution in [3.8, 4) is 0 Å². The zero-order valence-electron chi connectivity index (χ0n) is 9.01. The lowest BCUT2D eigenvalue weighted by atomic mass is 9.46. The van der Waals surface area contributed by atoms with Gasteiger partial charge < -0.3 is 0 Å². The lowest BCUT2D eigenvalue weighted by Gasteiger charge is -2.59. The Morgan fingerprint density at radius 3 is 2.77 bits per heavy atom. The first-order chi connectivity index (χ1) is 6.16. The molecule has 0 heterocycles. The fraction of sp³-hybridized carbons (Fsp3) is 1.00. The predicted molar refractivity (Wildman–Crippen MR) is 53.2 cm³/mol. The van der Waals surface area contributed by atoms with Gasteiger partial charge in [-0.1, -0.05) is 20.8 Å². The van der Waals surface area contributed by atoms with E-state index in [0.717, 1.165) is 22.7 Å². The second kappa shape index (κ2) is 1.61. The van der Waals surface area contributed by atoms with Crippen LogP contribution in [0, 0.1) is 40.4 Å². The Labute approximate surface area is 81.1 Å². The fourth-order valence-corrected chi connectivity index (χ4v) is 6.41. The highest BCUT2D eigenvalue weighted by Gasteiger charge is 2.94. The average molecular weight is 176 g/mol. The molecule has 0 N–H and O–H groups in total. The largest absolute Gasteiger partial charge is 0.0648 e. The highest BCUT2D eigenvalue weighted by Crippen LogP contribution is 2.98. The van der Waals surface area contributed by atoms with E-state index in [1.807, 2.05) is 0 Å². The minimum absolute atomic E-state index is 0.863. The predicted octanol–water partition coefficient (Wildman–Crippen LogP) is 3.32. The number of rotatable bonds is 1. The van der Waals surface area contributed by atoms with Gasteiger partial charge in [-0.15, -0.1) is 0 Å². The number of fused-ring (bicyclic) bond motifs is 3. The van der Waals surface area contributed by atoms with E-state index < -0.39 is 0 Å². The van der Waals surface area contributed by atoms with Crippen LogP contribution in [0.5, 0.6) is 0 Å². The van der Waals surface area contributed by atoms with E-state index >= 15 is 0 Å². The topological polar surface area (TPSA) is 0 Å². The Hall–Kier alpha value is 0. The molecule has 4 fully saturated rings. The van der Waals surface area contributed by atoms with Gasteiger partial charge in [0.1, 0.15) is 0 Å². The Kier molecular flexibility index (Phi) is 0.907.